The summed E-state index contributed by atoms with van der Waals surface area (Å²) in [5, 5.41) is 0. The molecule has 0 unspecified atom stereocenters. The van der Waals surface area contributed by atoms with Crippen molar-refractivity contribution in [1.82, 2.24) is 4.98 Å². The van der Waals surface area contributed by atoms with E-state index < -0.39 is 5.60 Å². The number of carbonyl (C=O) groups is 1. The molecule has 0 bridgehead atoms. The van der Waals surface area contributed by atoms with Gasteiger partial charge in [0.15, 0.2) is 0 Å². The van der Waals surface area contributed by atoms with Gasteiger partial charge in [-0.1, -0.05) is 60.7 Å². The third-order valence-electron chi connectivity index (χ3n) is 5.08. The van der Waals surface area contributed by atoms with Crippen LogP contribution >= 0.6 is 0 Å². The van der Waals surface area contributed by atoms with Gasteiger partial charge in [-0.15, -0.1) is 0 Å². The summed E-state index contributed by atoms with van der Waals surface area (Å²) >= 11 is 0. The van der Waals surface area contributed by atoms with E-state index in [1.807, 2.05) is 45.0 Å². The summed E-state index contributed by atoms with van der Waals surface area (Å²) in [5.74, 6) is 0.610. The molecule has 0 aliphatic carbocycles. The highest BCUT2D eigenvalue weighted by molar-refractivity contribution is 5.81. The van der Waals surface area contributed by atoms with E-state index in [-0.39, 0.29) is 12.6 Å². The Balaban J connectivity index is 1.59. The fraction of sp³-hybridized carbons (Fsp3) is 0.357. The van der Waals surface area contributed by atoms with E-state index in [1.165, 1.54) is 0 Å². The van der Waals surface area contributed by atoms with E-state index in [1.54, 1.807) is 0 Å². The topological polar surface area (TPSA) is 51.7 Å². The van der Waals surface area contributed by atoms with E-state index in [0.717, 1.165) is 47.6 Å². The lowest BCUT2D eigenvalue weighted by Crippen LogP contribution is -2.26. The highest BCUT2D eigenvalue weighted by atomic mass is 16.6. The maximum atomic E-state index is 11.7. The second-order valence-electron chi connectivity index (χ2n) is 9.07. The Kier molecular flexibility index (Phi) is 8.61. The zero-order valence-electron chi connectivity index (χ0n) is 20.1. The monoisotopic (exact) mass is 446 g/mol. The van der Waals surface area contributed by atoms with Crippen molar-refractivity contribution in [2.45, 2.75) is 39.2 Å². The number of unbranched alkanes of at least 4 members (excludes halogenated alkanes) is 1. The number of hydrogen-bond donors (Lipinski definition) is 0. The predicted molar refractivity (Wildman–Crippen MR) is 134 cm³/mol. The third-order valence-corrected chi connectivity index (χ3v) is 5.08. The van der Waals surface area contributed by atoms with Gasteiger partial charge < -0.3 is 14.4 Å². The number of ether oxygens (including phenoxy) is 2. The standard InChI is InChI=1S/C28H34N2O3/c1-28(2,3)33-26(31)21-32-20-12-11-19-30(4)25-18-17-24(22-13-7-5-8-14-22)27(29-25)23-15-9-6-10-16-23/h5-10,13-18H,11-12,19-21H2,1-4H3. The predicted octanol–water partition coefficient (Wildman–Crippen LogP) is 5.99. The molecule has 0 radical (unpaired) electrons. The molecule has 0 spiro atoms. The first-order valence-electron chi connectivity index (χ1n) is 11.5. The fourth-order valence-corrected chi connectivity index (χ4v) is 3.52. The van der Waals surface area contributed by atoms with Gasteiger partial charge in [0.25, 0.3) is 0 Å². The van der Waals surface area contributed by atoms with Crippen LogP contribution in [0.4, 0.5) is 5.82 Å². The average molecular weight is 447 g/mol. The van der Waals surface area contributed by atoms with Crippen LogP contribution in [0.1, 0.15) is 33.6 Å². The molecule has 174 valence electrons. The van der Waals surface area contributed by atoms with Gasteiger partial charge in [-0.05, 0) is 51.3 Å². The van der Waals surface area contributed by atoms with Gasteiger partial charge in [-0.2, -0.15) is 0 Å². The van der Waals surface area contributed by atoms with Crippen molar-refractivity contribution in [1.29, 1.82) is 0 Å². The number of esters is 1. The molecule has 0 saturated carbocycles. The number of rotatable bonds is 10. The number of carbonyl (C=O) groups excluding carboxylic acids is 1. The highest BCUT2D eigenvalue weighted by Crippen LogP contribution is 2.32. The Bertz CT molecular complexity index is 1010. The molecule has 3 rings (SSSR count). The van der Waals surface area contributed by atoms with E-state index in [4.69, 9.17) is 14.5 Å². The molecule has 1 aromatic heterocycles. The molecule has 0 aliphatic rings. The van der Waals surface area contributed by atoms with Crippen LogP contribution in [0.3, 0.4) is 0 Å². The Morgan fingerprint density at radius 1 is 0.879 bits per heavy atom. The number of benzene rings is 2. The zero-order valence-corrected chi connectivity index (χ0v) is 20.1. The van der Waals surface area contributed by atoms with E-state index in [0.29, 0.717) is 6.61 Å². The van der Waals surface area contributed by atoms with Crippen molar-refractivity contribution in [2.75, 3.05) is 31.7 Å². The number of hydrogen-bond acceptors (Lipinski definition) is 5. The van der Waals surface area contributed by atoms with Gasteiger partial charge >= 0.3 is 5.97 Å². The molecule has 5 heteroatoms. The Morgan fingerprint density at radius 2 is 1.52 bits per heavy atom. The third kappa shape index (κ3) is 7.72. The molecule has 3 aromatic rings. The summed E-state index contributed by atoms with van der Waals surface area (Å²) in [6.07, 6.45) is 1.80. The molecule has 2 aromatic carbocycles. The Labute approximate surface area is 197 Å². The Morgan fingerprint density at radius 3 is 2.15 bits per heavy atom. The summed E-state index contributed by atoms with van der Waals surface area (Å²) < 4.78 is 10.7. The van der Waals surface area contributed by atoms with Crippen molar-refractivity contribution in [2.24, 2.45) is 0 Å². The van der Waals surface area contributed by atoms with Gasteiger partial charge in [0.2, 0.25) is 0 Å². The van der Waals surface area contributed by atoms with Gasteiger partial charge in [0, 0.05) is 31.3 Å². The van der Waals surface area contributed by atoms with E-state index in [2.05, 4.69) is 60.5 Å². The summed E-state index contributed by atoms with van der Waals surface area (Å²) in [6.45, 7) is 6.93. The fourth-order valence-electron chi connectivity index (χ4n) is 3.52. The van der Waals surface area contributed by atoms with E-state index in [9.17, 15) is 4.79 Å². The number of pyridine rings is 1. The van der Waals surface area contributed by atoms with Crippen molar-refractivity contribution >= 4 is 11.8 Å². The van der Waals surface area contributed by atoms with Crippen molar-refractivity contribution < 1.29 is 14.3 Å². The molecule has 33 heavy (non-hydrogen) atoms. The molecular weight excluding hydrogens is 412 g/mol. The highest BCUT2D eigenvalue weighted by Gasteiger charge is 2.16. The van der Waals surface area contributed by atoms with Crippen LogP contribution in [-0.4, -0.2) is 43.4 Å². The maximum absolute atomic E-state index is 11.7. The largest absolute Gasteiger partial charge is 0.458 e. The quantitative estimate of drug-likeness (QED) is 0.283. The maximum Gasteiger partial charge on any atom is 0.332 e. The lowest BCUT2D eigenvalue weighted by atomic mass is 9.99. The first-order valence-corrected chi connectivity index (χ1v) is 11.5. The minimum absolute atomic E-state index is 0.00392. The molecule has 5 nitrogen and oxygen atoms in total. The Hall–Kier alpha value is -3.18. The number of aromatic nitrogens is 1. The van der Waals surface area contributed by atoms with E-state index >= 15 is 0 Å². The lowest BCUT2D eigenvalue weighted by molar-refractivity contribution is -0.160. The van der Waals surface area contributed by atoms with Crippen LogP contribution in [0.25, 0.3) is 22.4 Å². The summed E-state index contributed by atoms with van der Waals surface area (Å²) in [4.78, 5) is 18.9. The summed E-state index contributed by atoms with van der Waals surface area (Å²) in [6, 6.07) is 24.9. The zero-order chi connectivity index (χ0) is 23.7. The van der Waals surface area contributed by atoms with Crippen molar-refractivity contribution in [3.63, 3.8) is 0 Å². The van der Waals surface area contributed by atoms with Crippen LogP contribution in [-0.2, 0) is 14.3 Å². The van der Waals surface area contributed by atoms with Gasteiger partial charge in [0.05, 0.1) is 5.69 Å². The molecular formula is C28H34N2O3. The molecule has 0 fully saturated rings. The van der Waals surface area contributed by atoms with Crippen LogP contribution in [0, 0.1) is 0 Å². The lowest BCUT2D eigenvalue weighted by Gasteiger charge is -2.21. The normalized spacial score (nSPS) is 11.3. The average Bonchev–Trinajstić information content (AvgIpc) is 2.81. The minimum Gasteiger partial charge on any atom is -0.458 e. The van der Waals surface area contributed by atoms with Crippen LogP contribution < -0.4 is 4.90 Å². The van der Waals surface area contributed by atoms with Crippen LogP contribution in [0.5, 0.6) is 0 Å². The second-order valence-corrected chi connectivity index (χ2v) is 9.07. The van der Waals surface area contributed by atoms with Gasteiger partial charge in [0.1, 0.15) is 18.0 Å². The van der Waals surface area contributed by atoms with Crippen LogP contribution in [0.2, 0.25) is 0 Å². The number of anilines is 1. The van der Waals surface area contributed by atoms with Crippen molar-refractivity contribution in [3.05, 3.63) is 72.8 Å². The molecule has 0 saturated heterocycles. The molecule has 0 atom stereocenters. The number of nitrogens with zero attached hydrogens (tertiary/aromatic N) is 2. The summed E-state index contributed by atoms with van der Waals surface area (Å²) in [7, 11) is 2.06. The van der Waals surface area contributed by atoms with Crippen molar-refractivity contribution in [3.8, 4) is 22.4 Å². The van der Waals surface area contributed by atoms with Gasteiger partial charge in [-0.3, -0.25) is 0 Å². The van der Waals surface area contributed by atoms with Gasteiger partial charge in [-0.25, -0.2) is 9.78 Å². The molecule has 0 aliphatic heterocycles. The molecule has 0 N–H and O–H groups in total. The minimum atomic E-state index is -0.481. The molecule has 1 heterocycles. The second kappa shape index (κ2) is 11.6. The first-order chi connectivity index (χ1) is 15.8. The van der Waals surface area contributed by atoms with Crippen LogP contribution in [0.15, 0.2) is 72.8 Å². The SMILES string of the molecule is CN(CCCCOCC(=O)OC(C)(C)C)c1ccc(-c2ccccc2)c(-c2ccccc2)n1. The smallest absolute Gasteiger partial charge is 0.332 e. The first kappa shape index (κ1) is 24.5. The summed E-state index contributed by atoms with van der Waals surface area (Å²) in [5.41, 5.74) is 3.87. The molecule has 0 amide bonds.